The van der Waals surface area contributed by atoms with E-state index in [0.717, 1.165) is 3.57 Å². The van der Waals surface area contributed by atoms with E-state index < -0.39 is 12.0 Å². The zero-order valence-electron chi connectivity index (χ0n) is 10.6. The van der Waals surface area contributed by atoms with Crippen LogP contribution in [0.3, 0.4) is 0 Å². The number of halogens is 2. The van der Waals surface area contributed by atoms with Gasteiger partial charge in [0, 0.05) is 13.7 Å². The number of carboxylic acids is 1. The van der Waals surface area contributed by atoms with Crippen molar-refractivity contribution >= 4 is 61.9 Å². The predicted octanol–water partition coefficient (Wildman–Crippen LogP) is 4.40. The van der Waals surface area contributed by atoms with Crippen molar-refractivity contribution in [1.82, 2.24) is 0 Å². The third-order valence-electron chi connectivity index (χ3n) is 2.52. The lowest BCUT2D eigenvalue weighted by Gasteiger charge is -2.10. The highest BCUT2D eigenvalue weighted by atomic mass is 127. The normalized spacial score (nSPS) is 10.0. The Hall–Kier alpha value is -1.61. The predicted molar refractivity (Wildman–Crippen MR) is 92.9 cm³/mol. The van der Waals surface area contributed by atoms with Crippen LogP contribution >= 0.6 is 38.5 Å². The Kier molecular flexibility index (Phi) is 5.18. The topological polar surface area (TPSA) is 78.4 Å². The molecular formula is C14H10BrIN2O3. The Balaban J connectivity index is 2.13. The van der Waals surface area contributed by atoms with Gasteiger partial charge in [0.1, 0.15) is 0 Å². The first-order valence-corrected chi connectivity index (χ1v) is 7.69. The summed E-state index contributed by atoms with van der Waals surface area (Å²) < 4.78 is 1.48. The zero-order chi connectivity index (χ0) is 15.4. The summed E-state index contributed by atoms with van der Waals surface area (Å²) in [5, 5.41) is 14.3. The van der Waals surface area contributed by atoms with Crippen LogP contribution in [0.1, 0.15) is 10.4 Å². The molecule has 0 spiro atoms. The Labute approximate surface area is 143 Å². The average molecular weight is 461 g/mol. The summed E-state index contributed by atoms with van der Waals surface area (Å²) in [5.74, 6) is -1.06. The van der Waals surface area contributed by atoms with Gasteiger partial charge in [-0.25, -0.2) is 9.59 Å². The molecular weight excluding hydrogens is 451 g/mol. The maximum atomic E-state index is 11.9. The van der Waals surface area contributed by atoms with E-state index in [1.165, 1.54) is 12.1 Å². The Morgan fingerprint density at radius 2 is 1.81 bits per heavy atom. The molecule has 5 nitrogen and oxygen atoms in total. The van der Waals surface area contributed by atoms with E-state index in [2.05, 4.69) is 49.2 Å². The summed E-state index contributed by atoms with van der Waals surface area (Å²) in [5.41, 5.74) is 1.17. The first-order chi connectivity index (χ1) is 9.95. The number of hydrogen-bond acceptors (Lipinski definition) is 2. The summed E-state index contributed by atoms with van der Waals surface area (Å²) in [6, 6.07) is 11.4. The average Bonchev–Trinajstić information content (AvgIpc) is 2.40. The second-order valence-corrected chi connectivity index (χ2v) is 6.17. The van der Waals surface area contributed by atoms with Gasteiger partial charge < -0.3 is 15.7 Å². The number of anilines is 2. The first kappa shape index (κ1) is 15.8. The van der Waals surface area contributed by atoms with Crippen LogP contribution < -0.4 is 10.6 Å². The molecule has 2 amide bonds. The molecule has 0 aliphatic carbocycles. The summed E-state index contributed by atoms with van der Waals surface area (Å²) in [7, 11) is 0. The third kappa shape index (κ3) is 4.43. The van der Waals surface area contributed by atoms with Crippen LogP contribution in [0, 0.1) is 3.57 Å². The molecule has 0 radical (unpaired) electrons. The van der Waals surface area contributed by atoms with Gasteiger partial charge in [-0.3, -0.25) is 0 Å². The van der Waals surface area contributed by atoms with Crippen molar-refractivity contribution in [2.45, 2.75) is 0 Å². The van der Waals surface area contributed by atoms with Crippen LogP contribution in [0.15, 0.2) is 46.9 Å². The number of hydrogen-bond donors (Lipinski definition) is 3. The molecule has 0 saturated heterocycles. The molecule has 0 heterocycles. The van der Waals surface area contributed by atoms with Gasteiger partial charge in [-0.2, -0.15) is 0 Å². The molecule has 108 valence electrons. The van der Waals surface area contributed by atoms with E-state index in [1.54, 1.807) is 12.1 Å². The fourth-order valence-electron chi connectivity index (χ4n) is 1.63. The first-order valence-electron chi connectivity index (χ1n) is 5.82. The van der Waals surface area contributed by atoms with E-state index in [4.69, 9.17) is 5.11 Å². The Morgan fingerprint density at radius 3 is 2.48 bits per heavy atom. The summed E-state index contributed by atoms with van der Waals surface area (Å²) >= 11 is 5.33. The highest BCUT2D eigenvalue weighted by Crippen LogP contribution is 2.21. The van der Waals surface area contributed by atoms with Crippen molar-refractivity contribution in [2.75, 3.05) is 10.6 Å². The van der Waals surface area contributed by atoms with E-state index in [-0.39, 0.29) is 5.56 Å². The number of para-hydroxylation sites is 1. The van der Waals surface area contributed by atoms with Crippen molar-refractivity contribution < 1.29 is 14.7 Å². The molecule has 0 saturated carbocycles. The van der Waals surface area contributed by atoms with E-state index in [9.17, 15) is 9.59 Å². The minimum atomic E-state index is -1.06. The Bertz CT molecular complexity index is 706. The zero-order valence-corrected chi connectivity index (χ0v) is 14.3. The standard InChI is InChI=1S/C14H10BrIN2O3/c15-9-5-8(13(19)20)6-10(7-9)17-14(21)18-12-4-2-1-3-11(12)16/h1-7H,(H,19,20)(H2,17,18,21). The largest absolute Gasteiger partial charge is 0.478 e. The minimum Gasteiger partial charge on any atom is -0.478 e. The fourth-order valence-corrected chi connectivity index (χ4v) is 2.65. The SMILES string of the molecule is O=C(Nc1cc(Br)cc(C(=O)O)c1)Nc1ccccc1I. The maximum absolute atomic E-state index is 11.9. The van der Waals surface area contributed by atoms with Crippen molar-refractivity contribution in [2.24, 2.45) is 0 Å². The molecule has 3 N–H and O–H groups in total. The van der Waals surface area contributed by atoms with E-state index in [0.29, 0.717) is 15.8 Å². The number of carboxylic acid groups (broad SMARTS) is 1. The molecule has 0 bridgehead atoms. The number of amides is 2. The molecule has 0 aliphatic heterocycles. The molecule has 0 unspecified atom stereocenters. The lowest BCUT2D eigenvalue weighted by atomic mass is 10.2. The van der Waals surface area contributed by atoms with Gasteiger partial charge in [0.2, 0.25) is 0 Å². The van der Waals surface area contributed by atoms with Gasteiger partial charge in [-0.1, -0.05) is 28.1 Å². The van der Waals surface area contributed by atoms with Crippen LogP contribution in [0.4, 0.5) is 16.2 Å². The van der Waals surface area contributed by atoms with Crippen molar-refractivity contribution in [3.63, 3.8) is 0 Å². The molecule has 0 aromatic heterocycles. The van der Waals surface area contributed by atoms with Crippen LogP contribution in [0.2, 0.25) is 0 Å². The fraction of sp³-hybridized carbons (Fsp3) is 0. The molecule has 2 rings (SSSR count). The van der Waals surface area contributed by atoms with Gasteiger partial charge in [0.05, 0.1) is 11.3 Å². The molecule has 2 aromatic rings. The third-order valence-corrected chi connectivity index (χ3v) is 3.92. The quantitative estimate of drug-likeness (QED) is 0.594. The number of nitrogens with one attached hydrogen (secondary N) is 2. The van der Waals surface area contributed by atoms with Gasteiger partial charge >= 0.3 is 12.0 Å². The number of carbonyl (C=O) groups is 2. The lowest BCUT2D eigenvalue weighted by Crippen LogP contribution is -2.20. The van der Waals surface area contributed by atoms with Gasteiger partial charge in [0.25, 0.3) is 0 Å². The monoisotopic (exact) mass is 460 g/mol. The number of rotatable bonds is 3. The summed E-state index contributed by atoms with van der Waals surface area (Å²) in [6.07, 6.45) is 0. The molecule has 2 aromatic carbocycles. The molecule has 0 atom stereocenters. The Morgan fingerprint density at radius 1 is 1.10 bits per heavy atom. The van der Waals surface area contributed by atoms with Crippen LogP contribution in [0.5, 0.6) is 0 Å². The lowest BCUT2D eigenvalue weighted by molar-refractivity contribution is 0.0697. The second-order valence-electron chi connectivity index (χ2n) is 4.09. The summed E-state index contributed by atoms with van der Waals surface area (Å²) in [4.78, 5) is 22.9. The molecule has 0 aliphatic rings. The maximum Gasteiger partial charge on any atom is 0.335 e. The summed E-state index contributed by atoms with van der Waals surface area (Å²) in [6.45, 7) is 0. The van der Waals surface area contributed by atoms with Crippen molar-refractivity contribution in [3.05, 3.63) is 56.1 Å². The van der Waals surface area contributed by atoms with Gasteiger partial charge in [-0.15, -0.1) is 0 Å². The molecule has 7 heteroatoms. The van der Waals surface area contributed by atoms with Crippen LogP contribution in [-0.4, -0.2) is 17.1 Å². The number of benzene rings is 2. The smallest absolute Gasteiger partial charge is 0.335 e. The van der Waals surface area contributed by atoms with E-state index in [1.807, 2.05) is 18.2 Å². The number of carbonyl (C=O) groups excluding carboxylic acids is 1. The van der Waals surface area contributed by atoms with Gasteiger partial charge in [0.15, 0.2) is 0 Å². The van der Waals surface area contributed by atoms with Crippen molar-refractivity contribution in [1.29, 1.82) is 0 Å². The van der Waals surface area contributed by atoms with E-state index >= 15 is 0 Å². The molecule has 21 heavy (non-hydrogen) atoms. The minimum absolute atomic E-state index is 0.0916. The highest BCUT2D eigenvalue weighted by Gasteiger charge is 2.09. The second kappa shape index (κ2) is 6.90. The molecule has 0 fully saturated rings. The van der Waals surface area contributed by atoms with Crippen LogP contribution in [0.25, 0.3) is 0 Å². The number of aromatic carboxylic acids is 1. The van der Waals surface area contributed by atoms with Gasteiger partial charge in [-0.05, 0) is 52.9 Å². The highest BCUT2D eigenvalue weighted by molar-refractivity contribution is 14.1. The van der Waals surface area contributed by atoms with Crippen LogP contribution in [-0.2, 0) is 0 Å². The van der Waals surface area contributed by atoms with Crippen molar-refractivity contribution in [3.8, 4) is 0 Å². The number of urea groups is 1.